The van der Waals surface area contributed by atoms with Crippen LogP contribution in [0.1, 0.15) is 32.3 Å². The normalized spacial score (nSPS) is 12.7. The first-order chi connectivity index (χ1) is 7.24. The summed E-state index contributed by atoms with van der Waals surface area (Å²) in [5, 5.41) is 3.35. The van der Waals surface area contributed by atoms with Crippen molar-refractivity contribution in [2.45, 2.75) is 39.2 Å². The molecule has 0 amide bonds. The van der Waals surface area contributed by atoms with Crippen molar-refractivity contribution in [1.82, 2.24) is 5.32 Å². The van der Waals surface area contributed by atoms with Crippen LogP contribution in [0.5, 0.6) is 0 Å². The third-order valence-corrected chi connectivity index (χ3v) is 2.59. The summed E-state index contributed by atoms with van der Waals surface area (Å²) in [4.78, 5) is 0. The lowest BCUT2D eigenvalue weighted by Crippen LogP contribution is -2.25. The van der Waals surface area contributed by atoms with Gasteiger partial charge in [-0.2, -0.15) is 0 Å². The average Bonchev–Trinajstić information content (AvgIpc) is 2.21. The Balaban J connectivity index is 2.29. The molecule has 1 aromatic rings. The van der Waals surface area contributed by atoms with Crippen LogP contribution in [0, 0.1) is 5.82 Å². The number of hydrogen-bond donors (Lipinski definition) is 1. The Labute approximate surface area is 91.7 Å². The molecule has 0 saturated carbocycles. The number of nitrogens with one attached hydrogen (secondary N) is 1. The summed E-state index contributed by atoms with van der Waals surface area (Å²) in [6.07, 6.45) is 2.97. The zero-order valence-electron chi connectivity index (χ0n) is 9.59. The summed E-state index contributed by atoms with van der Waals surface area (Å²) in [6, 6.07) is 7.56. The molecule has 2 heteroatoms. The molecule has 0 aliphatic rings. The quantitative estimate of drug-likeness (QED) is 0.759. The zero-order chi connectivity index (χ0) is 11.1. The molecule has 84 valence electrons. The van der Waals surface area contributed by atoms with E-state index in [2.05, 4.69) is 19.2 Å². The first kappa shape index (κ1) is 12.2. The van der Waals surface area contributed by atoms with E-state index >= 15 is 0 Å². The average molecular weight is 209 g/mol. The molecule has 1 unspecified atom stereocenters. The highest BCUT2D eigenvalue weighted by molar-refractivity contribution is 5.17. The van der Waals surface area contributed by atoms with E-state index in [0.717, 1.165) is 31.4 Å². The van der Waals surface area contributed by atoms with Gasteiger partial charge in [-0.1, -0.05) is 25.1 Å². The van der Waals surface area contributed by atoms with Crippen LogP contribution >= 0.6 is 0 Å². The summed E-state index contributed by atoms with van der Waals surface area (Å²) in [5.74, 6) is -0.0754. The third-order valence-electron chi connectivity index (χ3n) is 2.59. The Morgan fingerprint density at radius 2 is 2.07 bits per heavy atom. The molecule has 1 N–H and O–H groups in total. The second kappa shape index (κ2) is 6.57. The number of hydrogen-bond acceptors (Lipinski definition) is 1. The molecule has 1 aromatic carbocycles. The topological polar surface area (TPSA) is 12.0 Å². The second-order valence-corrected chi connectivity index (χ2v) is 3.94. The molecule has 0 spiro atoms. The Bertz CT molecular complexity index is 286. The van der Waals surface area contributed by atoms with Gasteiger partial charge in [0.2, 0.25) is 0 Å². The number of halogens is 1. The van der Waals surface area contributed by atoms with Crippen LogP contribution in [0.25, 0.3) is 0 Å². The van der Waals surface area contributed by atoms with Gasteiger partial charge in [-0.3, -0.25) is 0 Å². The van der Waals surface area contributed by atoms with Gasteiger partial charge < -0.3 is 5.32 Å². The maximum absolute atomic E-state index is 13.2. The SMILES string of the molecule is CCNC(C)CCCc1ccccc1F. The van der Waals surface area contributed by atoms with Crippen LogP contribution in [-0.4, -0.2) is 12.6 Å². The van der Waals surface area contributed by atoms with E-state index in [1.807, 2.05) is 12.1 Å². The van der Waals surface area contributed by atoms with Gasteiger partial charge in [-0.15, -0.1) is 0 Å². The standard InChI is InChI=1S/C13H20FN/c1-3-15-11(2)7-6-9-12-8-4-5-10-13(12)14/h4-5,8,10-11,15H,3,6-7,9H2,1-2H3. The summed E-state index contributed by atoms with van der Waals surface area (Å²) in [7, 11) is 0. The number of benzene rings is 1. The minimum absolute atomic E-state index is 0.0754. The van der Waals surface area contributed by atoms with E-state index in [-0.39, 0.29) is 5.82 Å². The molecule has 0 aromatic heterocycles. The van der Waals surface area contributed by atoms with E-state index in [9.17, 15) is 4.39 Å². The van der Waals surface area contributed by atoms with Gasteiger partial charge in [0.1, 0.15) is 5.82 Å². The van der Waals surface area contributed by atoms with Crippen molar-refractivity contribution in [3.8, 4) is 0 Å². The van der Waals surface area contributed by atoms with Gasteiger partial charge >= 0.3 is 0 Å². The molecule has 1 nitrogen and oxygen atoms in total. The molecule has 1 atom stereocenters. The van der Waals surface area contributed by atoms with E-state index < -0.39 is 0 Å². The molecular formula is C13H20FN. The lowest BCUT2D eigenvalue weighted by atomic mass is 10.1. The summed E-state index contributed by atoms with van der Waals surface area (Å²) < 4.78 is 13.2. The van der Waals surface area contributed by atoms with Crippen molar-refractivity contribution in [2.75, 3.05) is 6.54 Å². The van der Waals surface area contributed by atoms with Crippen LogP contribution < -0.4 is 5.32 Å². The first-order valence-corrected chi connectivity index (χ1v) is 5.70. The molecular weight excluding hydrogens is 189 g/mol. The second-order valence-electron chi connectivity index (χ2n) is 3.94. The van der Waals surface area contributed by atoms with E-state index in [0.29, 0.717) is 6.04 Å². The molecule has 15 heavy (non-hydrogen) atoms. The van der Waals surface area contributed by atoms with Crippen LogP contribution in [0.2, 0.25) is 0 Å². The largest absolute Gasteiger partial charge is 0.315 e. The molecule has 0 heterocycles. The third kappa shape index (κ3) is 4.43. The van der Waals surface area contributed by atoms with Crippen LogP contribution in [0.4, 0.5) is 4.39 Å². The highest BCUT2D eigenvalue weighted by atomic mass is 19.1. The van der Waals surface area contributed by atoms with Crippen LogP contribution in [0.15, 0.2) is 24.3 Å². The Morgan fingerprint density at radius 3 is 2.73 bits per heavy atom. The van der Waals surface area contributed by atoms with Crippen molar-refractivity contribution in [3.63, 3.8) is 0 Å². The van der Waals surface area contributed by atoms with Gasteiger partial charge in [0.25, 0.3) is 0 Å². The van der Waals surface area contributed by atoms with Crippen LogP contribution in [0.3, 0.4) is 0 Å². The fourth-order valence-electron chi connectivity index (χ4n) is 1.75. The predicted molar refractivity (Wildman–Crippen MR) is 62.5 cm³/mol. The molecule has 0 saturated heterocycles. The van der Waals surface area contributed by atoms with Crippen molar-refractivity contribution < 1.29 is 4.39 Å². The van der Waals surface area contributed by atoms with E-state index in [4.69, 9.17) is 0 Å². The number of rotatable bonds is 6. The Morgan fingerprint density at radius 1 is 1.33 bits per heavy atom. The lowest BCUT2D eigenvalue weighted by molar-refractivity contribution is 0.507. The predicted octanol–water partition coefficient (Wildman–Crippen LogP) is 3.15. The maximum Gasteiger partial charge on any atom is 0.126 e. The fraction of sp³-hybridized carbons (Fsp3) is 0.538. The summed E-state index contributed by atoms with van der Waals surface area (Å²) in [5.41, 5.74) is 0.834. The van der Waals surface area contributed by atoms with Crippen molar-refractivity contribution in [3.05, 3.63) is 35.6 Å². The van der Waals surface area contributed by atoms with Gasteiger partial charge in [0, 0.05) is 6.04 Å². The Hall–Kier alpha value is -0.890. The van der Waals surface area contributed by atoms with Crippen LogP contribution in [-0.2, 0) is 6.42 Å². The van der Waals surface area contributed by atoms with Gasteiger partial charge in [-0.25, -0.2) is 4.39 Å². The monoisotopic (exact) mass is 209 g/mol. The van der Waals surface area contributed by atoms with E-state index in [1.54, 1.807) is 6.07 Å². The summed E-state index contributed by atoms with van der Waals surface area (Å²) in [6.45, 7) is 5.28. The van der Waals surface area contributed by atoms with Gasteiger partial charge in [0.15, 0.2) is 0 Å². The van der Waals surface area contributed by atoms with Crippen molar-refractivity contribution >= 4 is 0 Å². The molecule has 0 radical (unpaired) electrons. The van der Waals surface area contributed by atoms with Gasteiger partial charge in [-0.05, 0) is 44.4 Å². The maximum atomic E-state index is 13.2. The number of aryl methyl sites for hydroxylation is 1. The molecule has 0 bridgehead atoms. The van der Waals surface area contributed by atoms with Crippen molar-refractivity contribution in [1.29, 1.82) is 0 Å². The highest BCUT2D eigenvalue weighted by Gasteiger charge is 2.02. The molecule has 0 aliphatic heterocycles. The molecule has 1 rings (SSSR count). The first-order valence-electron chi connectivity index (χ1n) is 5.70. The Kier molecular flexibility index (Phi) is 5.33. The summed E-state index contributed by atoms with van der Waals surface area (Å²) >= 11 is 0. The zero-order valence-corrected chi connectivity index (χ0v) is 9.59. The van der Waals surface area contributed by atoms with E-state index in [1.165, 1.54) is 6.07 Å². The van der Waals surface area contributed by atoms with Crippen molar-refractivity contribution in [2.24, 2.45) is 0 Å². The van der Waals surface area contributed by atoms with Gasteiger partial charge in [0.05, 0.1) is 0 Å². The molecule has 0 aliphatic carbocycles. The fourth-order valence-corrected chi connectivity index (χ4v) is 1.75. The minimum atomic E-state index is -0.0754. The molecule has 0 fully saturated rings. The smallest absolute Gasteiger partial charge is 0.126 e. The minimum Gasteiger partial charge on any atom is -0.315 e. The lowest BCUT2D eigenvalue weighted by Gasteiger charge is -2.11. The highest BCUT2D eigenvalue weighted by Crippen LogP contribution is 2.10.